The number of methoxy groups -OCH3 is 1. The van der Waals surface area contributed by atoms with Crippen LogP contribution >= 0.6 is 0 Å². The molecule has 110 valence electrons. The summed E-state index contributed by atoms with van der Waals surface area (Å²) in [5, 5.41) is 0. The van der Waals surface area contributed by atoms with Gasteiger partial charge in [0.2, 0.25) is 5.91 Å². The van der Waals surface area contributed by atoms with Crippen molar-refractivity contribution in [3.63, 3.8) is 0 Å². The lowest BCUT2D eigenvalue weighted by Crippen LogP contribution is -2.73. The number of anilines is 1. The maximum Gasteiger partial charge on any atom is 0.237 e. The summed E-state index contributed by atoms with van der Waals surface area (Å²) in [7, 11) is 1.64. The van der Waals surface area contributed by atoms with Gasteiger partial charge in [-0.1, -0.05) is 13.8 Å². The third-order valence-corrected chi connectivity index (χ3v) is 4.17. The van der Waals surface area contributed by atoms with Crippen molar-refractivity contribution in [3.05, 3.63) is 24.3 Å². The number of rotatable bonds is 5. The Bertz CT molecular complexity index is 478. The van der Waals surface area contributed by atoms with E-state index in [9.17, 15) is 4.79 Å². The van der Waals surface area contributed by atoms with E-state index in [1.54, 1.807) is 7.11 Å². The normalized spacial score (nSPS) is 21.0. The van der Waals surface area contributed by atoms with Crippen LogP contribution < -0.4 is 9.64 Å². The zero-order valence-electron chi connectivity index (χ0n) is 13.0. The summed E-state index contributed by atoms with van der Waals surface area (Å²) >= 11 is 0. The summed E-state index contributed by atoms with van der Waals surface area (Å²) in [4.78, 5) is 16.7. The van der Waals surface area contributed by atoms with Crippen LogP contribution in [0.1, 0.15) is 27.7 Å². The second-order valence-electron chi connectivity index (χ2n) is 5.69. The Hall–Kier alpha value is -1.55. The number of ether oxygens (including phenoxy) is 1. The van der Waals surface area contributed by atoms with Crippen LogP contribution in [0.4, 0.5) is 5.69 Å². The van der Waals surface area contributed by atoms with E-state index in [0.717, 1.165) is 24.5 Å². The summed E-state index contributed by atoms with van der Waals surface area (Å²) in [5.74, 6) is 0.986. The van der Waals surface area contributed by atoms with Gasteiger partial charge in [0.15, 0.2) is 0 Å². The van der Waals surface area contributed by atoms with Gasteiger partial charge in [-0.05, 0) is 51.2 Å². The molecule has 0 aliphatic carbocycles. The van der Waals surface area contributed by atoms with E-state index < -0.39 is 0 Å². The average Bonchev–Trinajstić information content (AvgIpc) is 2.47. The van der Waals surface area contributed by atoms with E-state index in [2.05, 4.69) is 18.7 Å². The standard InChI is InChI=1S/C16H24N2O2/c1-6-17(7-2)14-16(3,4)15(19)18(14)12-8-10-13(20-5)11-9-12/h8-11,14H,6-7H2,1-5H3. The molecule has 0 saturated carbocycles. The predicted molar refractivity (Wildman–Crippen MR) is 81.0 cm³/mol. The first kappa shape index (κ1) is 14.9. The lowest BCUT2D eigenvalue weighted by molar-refractivity contribution is -0.144. The molecule has 1 amide bonds. The van der Waals surface area contributed by atoms with Crippen LogP contribution in [0.25, 0.3) is 0 Å². The van der Waals surface area contributed by atoms with Gasteiger partial charge >= 0.3 is 0 Å². The van der Waals surface area contributed by atoms with Gasteiger partial charge in [-0.3, -0.25) is 14.6 Å². The SMILES string of the molecule is CCN(CC)C1N(c2ccc(OC)cc2)C(=O)C1(C)C. The summed E-state index contributed by atoms with van der Waals surface area (Å²) < 4.78 is 5.17. The van der Waals surface area contributed by atoms with Crippen molar-refractivity contribution in [2.75, 3.05) is 25.1 Å². The second kappa shape index (κ2) is 5.44. The summed E-state index contributed by atoms with van der Waals surface area (Å²) in [6.07, 6.45) is 0.124. The minimum Gasteiger partial charge on any atom is -0.497 e. The number of hydrogen-bond donors (Lipinski definition) is 0. The molecule has 0 N–H and O–H groups in total. The molecule has 20 heavy (non-hydrogen) atoms. The third kappa shape index (κ3) is 2.18. The summed E-state index contributed by atoms with van der Waals surface area (Å²) in [6.45, 7) is 10.2. The quantitative estimate of drug-likeness (QED) is 0.775. The minimum atomic E-state index is -0.327. The van der Waals surface area contributed by atoms with Gasteiger partial charge in [-0.25, -0.2) is 0 Å². The van der Waals surface area contributed by atoms with Crippen molar-refractivity contribution in [1.82, 2.24) is 4.90 Å². The Morgan fingerprint density at radius 1 is 1.20 bits per heavy atom. The molecule has 0 spiro atoms. The first-order chi connectivity index (χ1) is 9.47. The first-order valence-electron chi connectivity index (χ1n) is 7.19. The fourth-order valence-electron chi connectivity index (χ4n) is 2.98. The number of carbonyl (C=O) groups is 1. The summed E-state index contributed by atoms with van der Waals surface area (Å²) in [5.41, 5.74) is 0.610. The second-order valence-corrected chi connectivity index (χ2v) is 5.69. The maximum absolute atomic E-state index is 12.5. The van der Waals surface area contributed by atoms with Gasteiger partial charge in [0.25, 0.3) is 0 Å². The summed E-state index contributed by atoms with van der Waals surface area (Å²) in [6, 6.07) is 7.69. The molecule has 1 saturated heterocycles. The molecule has 0 aromatic heterocycles. The van der Waals surface area contributed by atoms with Crippen molar-refractivity contribution in [2.24, 2.45) is 5.41 Å². The number of carbonyl (C=O) groups excluding carboxylic acids is 1. The molecule has 1 fully saturated rings. The fourth-order valence-corrected chi connectivity index (χ4v) is 2.98. The number of hydrogen-bond acceptors (Lipinski definition) is 3. The average molecular weight is 276 g/mol. The number of benzene rings is 1. The molecule has 4 heteroatoms. The van der Waals surface area contributed by atoms with Crippen LogP contribution in [-0.2, 0) is 4.79 Å². The van der Waals surface area contributed by atoms with Crippen molar-refractivity contribution >= 4 is 11.6 Å². The molecule has 1 aromatic carbocycles. The van der Waals surface area contributed by atoms with E-state index >= 15 is 0 Å². The van der Waals surface area contributed by atoms with Crippen LogP contribution in [0.5, 0.6) is 5.75 Å². The molecule has 1 atom stereocenters. The topological polar surface area (TPSA) is 32.8 Å². The minimum absolute atomic E-state index is 0.124. The van der Waals surface area contributed by atoms with Gasteiger partial charge in [-0.2, -0.15) is 0 Å². The van der Waals surface area contributed by atoms with E-state index in [4.69, 9.17) is 4.74 Å². The lowest BCUT2D eigenvalue weighted by atomic mass is 9.77. The van der Waals surface area contributed by atoms with Crippen LogP contribution in [0.3, 0.4) is 0 Å². The third-order valence-electron chi connectivity index (χ3n) is 4.17. The molecular formula is C16H24N2O2. The van der Waals surface area contributed by atoms with Crippen LogP contribution in [0.2, 0.25) is 0 Å². The smallest absolute Gasteiger partial charge is 0.237 e. The van der Waals surface area contributed by atoms with Gasteiger partial charge in [0, 0.05) is 5.69 Å². The lowest BCUT2D eigenvalue weighted by Gasteiger charge is -2.56. The Kier molecular flexibility index (Phi) is 4.04. The monoisotopic (exact) mass is 276 g/mol. The molecule has 1 aliphatic heterocycles. The van der Waals surface area contributed by atoms with Crippen molar-refractivity contribution in [1.29, 1.82) is 0 Å². The van der Waals surface area contributed by atoms with Gasteiger partial charge in [0.1, 0.15) is 11.9 Å². The first-order valence-corrected chi connectivity index (χ1v) is 7.19. The Morgan fingerprint density at radius 2 is 1.75 bits per heavy atom. The predicted octanol–water partition coefficient (Wildman–Crippen LogP) is 2.74. The molecule has 0 radical (unpaired) electrons. The molecule has 4 nitrogen and oxygen atoms in total. The highest BCUT2D eigenvalue weighted by molar-refractivity contribution is 6.05. The number of β-lactam (4-membered cyclic amide) rings is 1. The van der Waals surface area contributed by atoms with E-state index in [1.165, 1.54) is 0 Å². The van der Waals surface area contributed by atoms with E-state index in [0.29, 0.717) is 0 Å². The van der Waals surface area contributed by atoms with E-state index in [-0.39, 0.29) is 17.5 Å². The molecule has 1 aliphatic rings. The zero-order valence-corrected chi connectivity index (χ0v) is 13.0. The van der Waals surface area contributed by atoms with Crippen molar-refractivity contribution < 1.29 is 9.53 Å². The van der Waals surface area contributed by atoms with Crippen LogP contribution in [0.15, 0.2) is 24.3 Å². The van der Waals surface area contributed by atoms with Gasteiger partial charge < -0.3 is 4.74 Å². The molecule has 1 unspecified atom stereocenters. The molecule has 1 aromatic rings. The van der Waals surface area contributed by atoms with Crippen LogP contribution in [-0.4, -0.2) is 37.2 Å². The van der Waals surface area contributed by atoms with Crippen molar-refractivity contribution in [3.8, 4) is 5.75 Å². The fraction of sp³-hybridized carbons (Fsp3) is 0.562. The Morgan fingerprint density at radius 3 is 2.20 bits per heavy atom. The van der Waals surface area contributed by atoms with Gasteiger partial charge in [0.05, 0.1) is 12.5 Å². The molecule has 1 heterocycles. The Balaban J connectivity index is 2.31. The van der Waals surface area contributed by atoms with Gasteiger partial charge in [-0.15, -0.1) is 0 Å². The zero-order chi connectivity index (χ0) is 14.9. The van der Waals surface area contributed by atoms with Crippen LogP contribution in [0, 0.1) is 5.41 Å². The number of amides is 1. The Labute approximate surface area is 121 Å². The highest BCUT2D eigenvalue weighted by Crippen LogP contribution is 2.43. The largest absolute Gasteiger partial charge is 0.497 e. The van der Waals surface area contributed by atoms with E-state index in [1.807, 2.05) is 43.0 Å². The molecular weight excluding hydrogens is 252 g/mol. The maximum atomic E-state index is 12.5. The highest BCUT2D eigenvalue weighted by Gasteiger charge is 2.56. The van der Waals surface area contributed by atoms with Crippen molar-refractivity contribution in [2.45, 2.75) is 33.9 Å². The number of nitrogens with zero attached hydrogens (tertiary/aromatic N) is 2. The molecule has 2 rings (SSSR count). The molecule has 0 bridgehead atoms. The highest BCUT2D eigenvalue weighted by atomic mass is 16.5.